The van der Waals surface area contributed by atoms with E-state index in [1.54, 1.807) is 0 Å². The molecule has 4 bridgehead atoms. The second-order valence-corrected chi connectivity index (χ2v) is 8.27. The number of carbonyl (C=O) groups excluding carboxylic acids is 1. The van der Waals surface area contributed by atoms with Crippen molar-refractivity contribution in [2.45, 2.75) is 65.3 Å². The molecule has 0 saturated heterocycles. The summed E-state index contributed by atoms with van der Waals surface area (Å²) in [7, 11) is 0. The molecule has 1 unspecified atom stereocenters. The summed E-state index contributed by atoms with van der Waals surface area (Å²) in [5.41, 5.74) is 3.82. The molecule has 114 valence electrons. The molecule has 0 N–H and O–H groups in total. The molecule has 4 aliphatic carbocycles. The van der Waals surface area contributed by atoms with Crippen molar-refractivity contribution in [3.63, 3.8) is 0 Å². The van der Waals surface area contributed by atoms with E-state index in [1.807, 2.05) is 0 Å². The first-order valence-electron chi connectivity index (χ1n) is 8.66. The van der Waals surface area contributed by atoms with Crippen LogP contribution in [0.1, 0.15) is 73.2 Å². The molecule has 0 radical (unpaired) electrons. The maximum Gasteiger partial charge on any atom is 0.151 e. The Balaban J connectivity index is 1.73. The van der Waals surface area contributed by atoms with Gasteiger partial charge in [-0.05, 0) is 88.5 Å². The van der Waals surface area contributed by atoms with Crippen molar-refractivity contribution < 1.29 is 4.79 Å². The van der Waals surface area contributed by atoms with Crippen LogP contribution in [0.4, 0.5) is 0 Å². The molecular weight excluding hydrogens is 258 g/mol. The maximum absolute atomic E-state index is 11.3. The third kappa shape index (κ3) is 1.87. The number of carbonyl (C=O) groups is 1. The van der Waals surface area contributed by atoms with Crippen molar-refractivity contribution in [1.29, 1.82) is 0 Å². The van der Waals surface area contributed by atoms with Gasteiger partial charge in [-0.2, -0.15) is 0 Å². The van der Waals surface area contributed by atoms with Gasteiger partial charge in [0.15, 0.2) is 6.29 Å². The van der Waals surface area contributed by atoms with Crippen molar-refractivity contribution >= 4 is 6.29 Å². The average Bonchev–Trinajstić information content (AvgIpc) is 2.71. The van der Waals surface area contributed by atoms with Gasteiger partial charge in [0.1, 0.15) is 0 Å². The Morgan fingerprint density at radius 3 is 2.10 bits per heavy atom. The zero-order chi connectivity index (χ0) is 14.8. The fourth-order valence-corrected chi connectivity index (χ4v) is 6.48. The summed E-state index contributed by atoms with van der Waals surface area (Å²) in [4.78, 5) is 11.3. The summed E-state index contributed by atoms with van der Waals surface area (Å²) < 4.78 is 2.47. The van der Waals surface area contributed by atoms with Gasteiger partial charge in [-0.15, -0.1) is 0 Å². The number of hydrogen-bond acceptors (Lipinski definition) is 1. The van der Waals surface area contributed by atoms with E-state index in [1.165, 1.54) is 49.9 Å². The lowest BCUT2D eigenvalue weighted by atomic mass is 9.48. The van der Waals surface area contributed by atoms with E-state index in [9.17, 15) is 4.79 Å². The van der Waals surface area contributed by atoms with E-state index in [4.69, 9.17) is 0 Å². The summed E-state index contributed by atoms with van der Waals surface area (Å²) in [5, 5.41) is 0. The first-order valence-corrected chi connectivity index (χ1v) is 8.66. The zero-order valence-corrected chi connectivity index (χ0v) is 13.6. The number of hydrogen-bond donors (Lipinski definition) is 0. The van der Waals surface area contributed by atoms with Gasteiger partial charge in [0.05, 0.1) is 0 Å². The third-order valence-corrected chi connectivity index (χ3v) is 7.01. The molecule has 1 heterocycles. The quantitative estimate of drug-likeness (QED) is 0.738. The van der Waals surface area contributed by atoms with Crippen LogP contribution in [-0.4, -0.2) is 10.9 Å². The van der Waals surface area contributed by atoms with E-state index in [-0.39, 0.29) is 0 Å². The van der Waals surface area contributed by atoms with Crippen LogP contribution < -0.4 is 0 Å². The van der Waals surface area contributed by atoms with Gasteiger partial charge in [0.25, 0.3) is 0 Å². The second kappa shape index (κ2) is 4.47. The van der Waals surface area contributed by atoms with Crippen LogP contribution in [-0.2, 0) is 0 Å². The van der Waals surface area contributed by atoms with Crippen LogP contribution in [0.25, 0.3) is 0 Å². The molecule has 0 aliphatic heterocycles. The predicted molar refractivity (Wildman–Crippen MR) is 84.6 cm³/mol. The van der Waals surface area contributed by atoms with Gasteiger partial charge < -0.3 is 4.57 Å². The van der Waals surface area contributed by atoms with E-state index in [0.29, 0.717) is 11.5 Å². The van der Waals surface area contributed by atoms with Gasteiger partial charge in [-0.25, -0.2) is 0 Å². The normalized spacial score (nSPS) is 38.7. The number of rotatable bonds is 3. The molecule has 4 aliphatic rings. The van der Waals surface area contributed by atoms with Crippen LogP contribution in [0.5, 0.6) is 0 Å². The van der Waals surface area contributed by atoms with Gasteiger partial charge in [0.2, 0.25) is 0 Å². The smallest absolute Gasteiger partial charge is 0.151 e. The molecule has 21 heavy (non-hydrogen) atoms. The highest BCUT2D eigenvalue weighted by molar-refractivity contribution is 5.77. The minimum Gasteiger partial charge on any atom is -0.345 e. The lowest BCUT2D eigenvalue weighted by Gasteiger charge is -2.59. The minimum absolute atomic E-state index is 0.503. The fraction of sp³-hybridized carbons (Fsp3) is 0.737. The summed E-state index contributed by atoms with van der Waals surface area (Å²) in [6.45, 7) is 6.70. The lowest BCUT2D eigenvalue weighted by molar-refractivity contribution is -0.0793. The van der Waals surface area contributed by atoms with Crippen LogP contribution >= 0.6 is 0 Å². The number of nitrogens with zero attached hydrogens (tertiary/aromatic N) is 1. The van der Waals surface area contributed by atoms with Crippen molar-refractivity contribution in [3.05, 3.63) is 23.0 Å². The minimum atomic E-state index is 0.503. The summed E-state index contributed by atoms with van der Waals surface area (Å²) >= 11 is 0. The SMILES string of the molecule is Cc1cc(C=O)c(C)n1C(C)C12CC3CC(CC(C3)C1)C2. The molecule has 5 rings (SSSR count). The highest BCUT2D eigenvalue weighted by Gasteiger charge is 2.53. The molecule has 2 nitrogen and oxygen atoms in total. The Morgan fingerprint density at radius 1 is 1.14 bits per heavy atom. The molecule has 1 atom stereocenters. The molecule has 4 saturated carbocycles. The Bertz CT molecular complexity index is 547. The predicted octanol–water partition coefficient (Wildman–Crippen LogP) is 4.69. The van der Waals surface area contributed by atoms with Crippen LogP contribution in [0, 0.1) is 37.0 Å². The Hall–Kier alpha value is -1.05. The summed E-state index contributed by atoms with van der Waals surface area (Å²) in [5.74, 6) is 2.96. The number of aldehydes is 1. The molecule has 4 fully saturated rings. The summed E-state index contributed by atoms with van der Waals surface area (Å²) in [6.07, 6.45) is 9.78. The zero-order valence-electron chi connectivity index (χ0n) is 13.6. The topological polar surface area (TPSA) is 22.0 Å². The van der Waals surface area contributed by atoms with Gasteiger partial charge in [-0.3, -0.25) is 4.79 Å². The molecule has 0 spiro atoms. The second-order valence-electron chi connectivity index (χ2n) is 8.27. The Morgan fingerprint density at radius 2 is 1.67 bits per heavy atom. The third-order valence-electron chi connectivity index (χ3n) is 7.01. The lowest BCUT2D eigenvalue weighted by Crippen LogP contribution is -2.49. The fourth-order valence-electron chi connectivity index (χ4n) is 6.48. The van der Waals surface area contributed by atoms with Crippen molar-refractivity contribution in [2.24, 2.45) is 23.2 Å². The van der Waals surface area contributed by atoms with E-state index >= 15 is 0 Å². The van der Waals surface area contributed by atoms with Crippen molar-refractivity contribution in [3.8, 4) is 0 Å². The molecule has 1 aromatic heterocycles. The Kier molecular flexibility index (Phi) is 2.90. The molecule has 1 aromatic rings. The maximum atomic E-state index is 11.3. The first-order chi connectivity index (χ1) is 10.0. The first kappa shape index (κ1) is 13.6. The van der Waals surface area contributed by atoms with Crippen molar-refractivity contribution in [1.82, 2.24) is 4.57 Å². The number of aryl methyl sites for hydroxylation is 1. The molecule has 0 amide bonds. The monoisotopic (exact) mass is 285 g/mol. The number of aromatic nitrogens is 1. The summed E-state index contributed by atoms with van der Waals surface area (Å²) in [6, 6.07) is 2.61. The van der Waals surface area contributed by atoms with Crippen molar-refractivity contribution in [2.75, 3.05) is 0 Å². The van der Waals surface area contributed by atoms with E-state index in [2.05, 4.69) is 31.4 Å². The van der Waals surface area contributed by atoms with Gasteiger partial charge in [-0.1, -0.05) is 0 Å². The highest BCUT2D eigenvalue weighted by atomic mass is 16.1. The highest BCUT2D eigenvalue weighted by Crippen LogP contribution is 2.63. The largest absolute Gasteiger partial charge is 0.345 e. The van der Waals surface area contributed by atoms with Crippen LogP contribution in [0.2, 0.25) is 0 Å². The standard InChI is InChI=1S/C19H27NO/c1-12-4-18(11-21)13(2)20(12)14(3)19-8-15-5-16(9-19)7-17(6-15)10-19/h4,11,14-17H,5-10H2,1-3H3. The Labute approximate surface area is 127 Å². The molecule has 2 heteroatoms. The van der Waals surface area contributed by atoms with E-state index < -0.39 is 0 Å². The van der Waals surface area contributed by atoms with Gasteiger partial charge >= 0.3 is 0 Å². The van der Waals surface area contributed by atoms with Gasteiger partial charge in [0, 0.05) is 23.0 Å². The van der Waals surface area contributed by atoms with E-state index in [0.717, 1.165) is 29.6 Å². The molecule has 0 aromatic carbocycles. The van der Waals surface area contributed by atoms with Crippen LogP contribution in [0.3, 0.4) is 0 Å². The molecular formula is C19H27NO. The average molecular weight is 285 g/mol. The van der Waals surface area contributed by atoms with Crippen LogP contribution in [0.15, 0.2) is 6.07 Å².